The molecule has 0 radical (unpaired) electrons. The standard InChI is InChI=1S/C10H7ClN4/c11-10-6-8(7-12)3-4-9(10)2-1-5-14-15-13/h1-4,6H,5H2. The zero-order chi connectivity index (χ0) is 11.1. The van der Waals surface area contributed by atoms with E-state index in [9.17, 15) is 0 Å². The number of rotatable bonds is 3. The maximum atomic E-state index is 8.62. The van der Waals surface area contributed by atoms with Crippen LogP contribution in [0.1, 0.15) is 11.1 Å². The lowest BCUT2D eigenvalue weighted by atomic mass is 10.1. The summed E-state index contributed by atoms with van der Waals surface area (Å²) in [5.74, 6) is 0. The number of nitrogens with zero attached hydrogens (tertiary/aromatic N) is 4. The minimum Gasteiger partial charge on any atom is -0.192 e. The van der Waals surface area contributed by atoms with Crippen LogP contribution in [0.4, 0.5) is 0 Å². The molecular weight excluding hydrogens is 212 g/mol. The minimum absolute atomic E-state index is 0.285. The van der Waals surface area contributed by atoms with Crippen LogP contribution in [0.5, 0.6) is 0 Å². The predicted molar refractivity (Wildman–Crippen MR) is 59.2 cm³/mol. The molecule has 1 rings (SSSR count). The van der Waals surface area contributed by atoms with Gasteiger partial charge >= 0.3 is 0 Å². The normalized spacial score (nSPS) is 9.60. The van der Waals surface area contributed by atoms with Crippen LogP contribution >= 0.6 is 11.6 Å². The van der Waals surface area contributed by atoms with Gasteiger partial charge in [-0.2, -0.15) is 5.26 Å². The predicted octanol–water partition coefficient (Wildman–Crippen LogP) is 3.54. The Balaban J connectivity index is 2.83. The maximum Gasteiger partial charge on any atom is 0.0992 e. The fourth-order valence-corrected chi connectivity index (χ4v) is 1.24. The van der Waals surface area contributed by atoms with Gasteiger partial charge < -0.3 is 0 Å². The van der Waals surface area contributed by atoms with Crippen molar-refractivity contribution in [3.63, 3.8) is 0 Å². The van der Waals surface area contributed by atoms with E-state index < -0.39 is 0 Å². The molecule has 0 unspecified atom stereocenters. The molecule has 0 aliphatic heterocycles. The van der Waals surface area contributed by atoms with Crippen molar-refractivity contribution in [2.75, 3.05) is 6.54 Å². The molecule has 74 valence electrons. The largest absolute Gasteiger partial charge is 0.192 e. The number of hydrogen-bond acceptors (Lipinski definition) is 2. The summed E-state index contributed by atoms with van der Waals surface area (Å²) in [5, 5.41) is 12.5. The summed E-state index contributed by atoms with van der Waals surface area (Å²) >= 11 is 5.92. The third-order valence-corrected chi connectivity index (χ3v) is 2.00. The van der Waals surface area contributed by atoms with Gasteiger partial charge in [0.05, 0.1) is 11.6 Å². The van der Waals surface area contributed by atoms with E-state index in [1.807, 2.05) is 6.07 Å². The molecule has 15 heavy (non-hydrogen) atoms. The van der Waals surface area contributed by atoms with E-state index in [-0.39, 0.29) is 6.54 Å². The molecule has 0 heterocycles. The molecule has 5 heteroatoms. The Morgan fingerprint density at radius 1 is 1.60 bits per heavy atom. The average molecular weight is 219 g/mol. The van der Waals surface area contributed by atoms with Gasteiger partial charge in [0.2, 0.25) is 0 Å². The first-order valence-corrected chi connectivity index (χ1v) is 4.53. The van der Waals surface area contributed by atoms with Crippen LogP contribution in [0.3, 0.4) is 0 Å². The van der Waals surface area contributed by atoms with Crippen LogP contribution in [0.2, 0.25) is 5.02 Å². The second-order valence-corrected chi connectivity index (χ2v) is 3.07. The topological polar surface area (TPSA) is 72.5 Å². The zero-order valence-electron chi connectivity index (χ0n) is 7.76. The lowest BCUT2D eigenvalue weighted by molar-refractivity contribution is 1.22. The highest BCUT2D eigenvalue weighted by Gasteiger charge is 1.97. The van der Waals surface area contributed by atoms with Gasteiger partial charge in [0.1, 0.15) is 0 Å². The van der Waals surface area contributed by atoms with E-state index in [1.165, 1.54) is 0 Å². The van der Waals surface area contributed by atoms with Gasteiger partial charge in [-0.1, -0.05) is 34.9 Å². The summed E-state index contributed by atoms with van der Waals surface area (Å²) in [6, 6.07) is 7.01. The summed E-state index contributed by atoms with van der Waals surface area (Å²) < 4.78 is 0. The highest BCUT2D eigenvalue weighted by atomic mass is 35.5. The van der Waals surface area contributed by atoms with Crippen molar-refractivity contribution in [3.05, 3.63) is 50.9 Å². The van der Waals surface area contributed by atoms with Crippen LogP contribution < -0.4 is 0 Å². The maximum absolute atomic E-state index is 8.62. The van der Waals surface area contributed by atoms with E-state index in [2.05, 4.69) is 10.0 Å². The molecule has 0 spiro atoms. The van der Waals surface area contributed by atoms with Gasteiger partial charge in [-0.3, -0.25) is 0 Å². The minimum atomic E-state index is 0.285. The number of hydrogen-bond donors (Lipinski definition) is 0. The fourth-order valence-electron chi connectivity index (χ4n) is 0.995. The Kier molecular flexibility index (Phi) is 4.24. The van der Waals surface area contributed by atoms with E-state index in [0.29, 0.717) is 10.6 Å². The van der Waals surface area contributed by atoms with Crippen LogP contribution in [0.15, 0.2) is 29.4 Å². The molecule has 0 bridgehead atoms. The highest BCUT2D eigenvalue weighted by Crippen LogP contribution is 2.18. The fraction of sp³-hybridized carbons (Fsp3) is 0.100. The molecule has 1 aromatic rings. The monoisotopic (exact) mass is 218 g/mol. The van der Waals surface area contributed by atoms with Crippen molar-refractivity contribution >= 4 is 17.7 Å². The first-order valence-electron chi connectivity index (χ1n) is 4.15. The second-order valence-electron chi connectivity index (χ2n) is 2.66. The van der Waals surface area contributed by atoms with E-state index in [4.69, 9.17) is 22.4 Å². The van der Waals surface area contributed by atoms with Crippen molar-refractivity contribution in [1.29, 1.82) is 5.26 Å². The Morgan fingerprint density at radius 2 is 2.40 bits per heavy atom. The molecule has 0 N–H and O–H groups in total. The van der Waals surface area contributed by atoms with E-state index in [1.54, 1.807) is 30.4 Å². The lowest BCUT2D eigenvalue weighted by Gasteiger charge is -1.97. The number of azide groups is 1. The third-order valence-electron chi connectivity index (χ3n) is 1.68. The Bertz CT molecular complexity index is 467. The van der Waals surface area contributed by atoms with Crippen molar-refractivity contribution in [1.82, 2.24) is 0 Å². The molecule has 0 aromatic heterocycles. The molecule has 0 aliphatic carbocycles. The summed E-state index contributed by atoms with van der Waals surface area (Å²) in [5.41, 5.74) is 9.36. The van der Waals surface area contributed by atoms with Crippen molar-refractivity contribution in [3.8, 4) is 6.07 Å². The second kappa shape index (κ2) is 5.71. The molecule has 0 saturated carbocycles. The lowest BCUT2D eigenvalue weighted by Crippen LogP contribution is -1.79. The van der Waals surface area contributed by atoms with E-state index >= 15 is 0 Å². The van der Waals surface area contributed by atoms with Gasteiger partial charge in [0, 0.05) is 16.5 Å². The van der Waals surface area contributed by atoms with Gasteiger partial charge in [-0.25, -0.2) is 0 Å². The van der Waals surface area contributed by atoms with Gasteiger partial charge in [0.15, 0.2) is 0 Å². The summed E-state index contributed by atoms with van der Waals surface area (Å²) in [4.78, 5) is 2.61. The van der Waals surface area contributed by atoms with E-state index in [0.717, 1.165) is 5.56 Å². The van der Waals surface area contributed by atoms with Crippen LogP contribution in [0, 0.1) is 11.3 Å². The summed E-state index contributed by atoms with van der Waals surface area (Å²) in [7, 11) is 0. The van der Waals surface area contributed by atoms with Crippen molar-refractivity contribution in [2.45, 2.75) is 0 Å². The molecule has 1 aromatic carbocycles. The molecule has 0 fully saturated rings. The Labute approximate surface area is 92.0 Å². The Hall–Kier alpha value is -1.95. The van der Waals surface area contributed by atoms with Gasteiger partial charge in [0.25, 0.3) is 0 Å². The first-order chi connectivity index (χ1) is 7.27. The van der Waals surface area contributed by atoms with Crippen LogP contribution in [-0.2, 0) is 0 Å². The average Bonchev–Trinajstić information content (AvgIpc) is 2.26. The summed E-state index contributed by atoms with van der Waals surface area (Å²) in [6.07, 6.45) is 3.45. The number of benzene rings is 1. The number of halogens is 1. The third kappa shape index (κ3) is 3.35. The highest BCUT2D eigenvalue weighted by molar-refractivity contribution is 6.32. The quantitative estimate of drug-likeness (QED) is 0.434. The molecule has 0 aliphatic rings. The number of nitriles is 1. The van der Waals surface area contributed by atoms with Gasteiger partial charge in [-0.15, -0.1) is 0 Å². The van der Waals surface area contributed by atoms with Gasteiger partial charge in [-0.05, 0) is 23.2 Å². The zero-order valence-corrected chi connectivity index (χ0v) is 8.52. The SMILES string of the molecule is N#Cc1ccc(C=CCN=[N+]=[N-])c(Cl)c1. The first kappa shape index (κ1) is 11.1. The molecule has 0 amide bonds. The van der Waals surface area contributed by atoms with Crippen LogP contribution in [0.25, 0.3) is 16.5 Å². The van der Waals surface area contributed by atoms with Crippen LogP contribution in [-0.4, -0.2) is 6.54 Å². The van der Waals surface area contributed by atoms with Crippen molar-refractivity contribution in [2.24, 2.45) is 5.11 Å². The molecule has 0 saturated heterocycles. The smallest absolute Gasteiger partial charge is 0.0992 e. The van der Waals surface area contributed by atoms with Crippen molar-refractivity contribution < 1.29 is 0 Å². The Morgan fingerprint density at radius 3 is 3.00 bits per heavy atom. The molecular formula is C10H7ClN4. The molecule has 4 nitrogen and oxygen atoms in total. The molecule has 0 atom stereocenters. The summed E-state index contributed by atoms with van der Waals surface area (Å²) in [6.45, 7) is 0.285.